The van der Waals surface area contributed by atoms with Crippen LogP contribution in [0.25, 0.3) is 0 Å². The molecule has 0 saturated carbocycles. The molecule has 88 valence electrons. The third kappa shape index (κ3) is 3.50. The summed E-state index contributed by atoms with van der Waals surface area (Å²) < 4.78 is 11.8. The Labute approximate surface area is 99.2 Å². The molecule has 0 heterocycles. The van der Waals surface area contributed by atoms with Crippen LogP contribution < -0.4 is 4.43 Å². The summed E-state index contributed by atoms with van der Waals surface area (Å²) in [5.41, 5.74) is 2.94. The second kappa shape index (κ2) is 5.32. The molecule has 0 spiro atoms. The van der Waals surface area contributed by atoms with Crippen LogP contribution in [-0.2, 0) is 4.43 Å². The number of hydrogen-bond donors (Lipinski definition) is 0. The maximum absolute atomic E-state index is 5.99. The maximum atomic E-state index is 5.99. The summed E-state index contributed by atoms with van der Waals surface area (Å²) in [4.78, 5) is 0. The molecule has 1 aromatic carbocycles. The van der Waals surface area contributed by atoms with Crippen molar-refractivity contribution in [3.05, 3.63) is 42.1 Å². The van der Waals surface area contributed by atoms with Crippen molar-refractivity contribution in [3.8, 4) is 5.75 Å². The van der Waals surface area contributed by atoms with Gasteiger partial charge in [-0.3, -0.25) is 0 Å². The van der Waals surface area contributed by atoms with Crippen molar-refractivity contribution >= 4 is 8.56 Å². The minimum atomic E-state index is -2.29. The van der Waals surface area contributed by atoms with E-state index in [1.54, 1.807) is 0 Å². The number of rotatable bonds is 5. The van der Waals surface area contributed by atoms with Gasteiger partial charge in [0.1, 0.15) is 5.75 Å². The topological polar surface area (TPSA) is 18.5 Å². The van der Waals surface area contributed by atoms with Crippen LogP contribution in [0.2, 0.25) is 6.55 Å². The molecule has 0 aromatic heterocycles. The number of benzene rings is 1. The van der Waals surface area contributed by atoms with E-state index in [4.69, 9.17) is 8.85 Å². The molecule has 0 aliphatic heterocycles. The quantitative estimate of drug-likeness (QED) is 0.727. The fourth-order valence-corrected chi connectivity index (χ4v) is 3.30. The lowest BCUT2D eigenvalue weighted by atomic mass is 10.2. The summed E-state index contributed by atoms with van der Waals surface area (Å²) in [6, 6.07) is 7.96. The first-order valence-corrected chi connectivity index (χ1v) is 7.92. The molecule has 3 heteroatoms. The summed E-state index contributed by atoms with van der Waals surface area (Å²) in [5, 5.41) is 0. The van der Waals surface area contributed by atoms with E-state index < -0.39 is 8.56 Å². The molecule has 16 heavy (non-hydrogen) atoms. The van der Waals surface area contributed by atoms with Gasteiger partial charge in [0.2, 0.25) is 0 Å². The Morgan fingerprint density at radius 3 is 2.44 bits per heavy atom. The fourth-order valence-electron chi connectivity index (χ4n) is 1.47. The first-order chi connectivity index (χ1) is 7.47. The van der Waals surface area contributed by atoms with Gasteiger partial charge >= 0.3 is 8.56 Å². The van der Waals surface area contributed by atoms with E-state index in [-0.39, 0.29) is 6.10 Å². The SMILES string of the molecule is C=C[Si](C)(Oc1ccccc1C)OC(C)C. The molecule has 0 aliphatic rings. The first-order valence-electron chi connectivity index (χ1n) is 5.53. The zero-order valence-electron chi connectivity index (χ0n) is 10.5. The van der Waals surface area contributed by atoms with Crippen LogP contribution in [0.5, 0.6) is 5.75 Å². The van der Waals surface area contributed by atoms with Gasteiger partial charge in [-0.1, -0.05) is 18.2 Å². The second-order valence-electron chi connectivity index (χ2n) is 4.25. The van der Waals surface area contributed by atoms with E-state index >= 15 is 0 Å². The van der Waals surface area contributed by atoms with Gasteiger partial charge in [-0.25, -0.2) is 0 Å². The van der Waals surface area contributed by atoms with Crippen molar-refractivity contribution in [2.24, 2.45) is 0 Å². The van der Waals surface area contributed by atoms with E-state index in [1.165, 1.54) is 0 Å². The van der Waals surface area contributed by atoms with Crippen molar-refractivity contribution in [1.82, 2.24) is 0 Å². The molecular formula is C13H20O2Si. The summed E-state index contributed by atoms with van der Waals surface area (Å²) >= 11 is 0. The van der Waals surface area contributed by atoms with Crippen LogP contribution in [-0.4, -0.2) is 14.7 Å². The minimum Gasteiger partial charge on any atom is -0.517 e. The smallest absolute Gasteiger partial charge is 0.422 e. The third-order valence-corrected chi connectivity index (χ3v) is 4.55. The normalized spacial score (nSPS) is 14.6. The van der Waals surface area contributed by atoms with Gasteiger partial charge in [0.25, 0.3) is 0 Å². The van der Waals surface area contributed by atoms with Crippen LogP contribution in [0.1, 0.15) is 19.4 Å². The fraction of sp³-hybridized carbons (Fsp3) is 0.385. The number of aryl methyl sites for hydroxylation is 1. The summed E-state index contributed by atoms with van der Waals surface area (Å²) in [6.45, 7) is 11.9. The second-order valence-corrected chi connectivity index (χ2v) is 7.13. The van der Waals surface area contributed by atoms with E-state index in [1.807, 2.05) is 57.3 Å². The molecule has 1 aromatic rings. The summed E-state index contributed by atoms with van der Waals surface area (Å²) in [7, 11) is -2.29. The highest BCUT2D eigenvalue weighted by molar-refractivity contribution is 6.72. The van der Waals surface area contributed by atoms with E-state index in [0.717, 1.165) is 11.3 Å². The molecule has 0 aliphatic carbocycles. The first kappa shape index (κ1) is 13.0. The molecule has 1 atom stereocenters. The molecule has 0 N–H and O–H groups in total. The van der Waals surface area contributed by atoms with Gasteiger partial charge in [0.15, 0.2) is 0 Å². The van der Waals surface area contributed by atoms with Gasteiger partial charge in [-0.05, 0) is 44.6 Å². The standard InChI is InChI=1S/C13H20O2Si/c1-6-16(5,14-11(2)3)15-13-10-8-7-9-12(13)4/h6-11H,1H2,2-5H3. The average Bonchev–Trinajstić information content (AvgIpc) is 2.20. The summed E-state index contributed by atoms with van der Waals surface area (Å²) in [6.07, 6.45) is 0.152. The van der Waals surface area contributed by atoms with Crippen molar-refractivity contribution in [2.75, 3.05) is 0 Å². The predicted molar refractivity (Wildman–Crippen MR) is 69.8 cm³/mol. The Kier molecular flexibility index (Phi) is 4.32. The largest absolute Gasteiger partial charge is 0.517 e. The molecule has 0 bridgehead atoms. The molecule has 2 nitrogen and oxygen atoms in total. The Morgan fingerprint density at radius 2 is 1.94 bits per heavy atom. The zero-order valence-corrected chi connectivity index (χ0v) is 11.5. The van der Waals surface area contributed by atoms with Gasteiger partial charge < -0.3 is 8.85 Å². The van der Waals surface area contributed by atoms with Gasteiger partial charge in [-0.2, -0.15) is 0 Å². The van der Waals surface area contributed by atoms with E-state index in [0.29, 0.717) is 0 Å². The molecular weight excluding hydrogens is 216 g/mol. The Morgan fingerprint density at radius 1 is 1.31 bits per heavy atom. The predicted octanol–water partition coefficient (Wildman–Crippen LogP) is 3.60. The average molecular weight is 236 g/mol. The van der Waals surface area contributed by atoms with Gasteiger partial charge in [0.05, 0.1) is 0 Å². The molecule has 0 amide bonds. The molecule has 1 rings (SSSR count). The Hall–Kier alpha value is -1.06. The van der Waals surface area contributed by atoms with Gasteiger partial charge in [0, 0.05) is 6.10 Å². The van der Waals surface area contributed by atoms with Crippen molar-refractivity contribution in [2.45, 2.75) is 33.4 Å². The lowest BCUT2D eigenvalue weighted by Gasteiger charge is -2.27. The Bertz CT molecular complexity index is 363. The van der Waals surface area contributed by atoms with Gasteiger partial charge in [-0.15, -0.1) is 6.58 Å². The van der Waals surface area contributed by atoms with Crippen LogP contribution >= 0.6 is 0 Å². The highest BCUT2D eigenvalue weighted by Gasteiger charge is 2.31. The van der Waals surface area contributed by atoms with Crippen LogP contribution in [0.4, 0.5) is 0 Å². The van der Waals surface area contributed by atoms with Crippen molar-refractivity contribution in [1.29, 1.82) is 0 Å². The van der Waals surface area contributed by atoms with Crippen LogP contribution in [0.3, 0.4) is 0 Å². The molecule has 0 saturated heterocycles. The van der Waals surface area contributed by atoms with Crippen molar-refractivity contribution < 1.29 is 8.85 Å². The lowest BCUT2D eigenvalue weighted by Crippen LogP contribution is -2.42. The molecule has 0 fully saturated rings. The minimum absolute atomic E-state index is 0.152. The highest BCUT2D eigenvalue weighted by atomic mass is 28.4. The van der Waals surface area contributed by atoms with E-state index in [9.17, 15) is 0 Å². The zero-order chi connectivity index (χ0) is 12.2. The molecule has 1 unspecified atom stereocenters. The lowest BCUT2D eigenvalue weighted by molar-refractivity contribution is 0.192. The third-order valence-electron chi connectivity index (χ3n) is 2.25. The Balaban J connectivity index is 2.85. The van der Waals surface area contributed by atoms with Crippen LogP contribution in [0, 0.1) is 6.92 Å². The number of hydrogen-bond acceptors (Lipinski definition) is 2. The highest BCUT2D eigenvalue weighted by Crippen LogP contribution is 2.22. The van der Waals surface area contributed by atoms with Crippen molar-refractivity contribution in [3.63, 3.8) is 0 Å². The number of para-hydroxylation sites is 1. The van der Waals surface area contributed by atoms with E-state index in [2.05, 4.69) is 6.58 Å². The summed E-state index contributed by atoms with van der Waals surface area (Å²) in [5.74, 6) is 0.886. The van der Waals surface area contributed by atoms with Crippen LogP contribution in [0.15, 0.2) is 36.5 Å². The maximum Gasteiger partial charge on any atom is 0.422 e. The molecule has 0 radical (unpaired) electrons. The monoisotopic (exact) mass is 236 g/mol.